The van der Waals surface area contributed by atoms with E-state index in [1.807, 2.05) is 18.2 Å². The fraction of sp³-hybridized carbons (Fsp3) is 0.500. The zero-order chi connectivity index (χ0) is 13.2. The second-order valence-corrected chi connectivity index (χ2v) is 5.65. The fourth-order valence-electron chi connectivity index (χ4n) is 2.75. The van der Waals surface area contributed by atoms with Gasteiger partial charge in [0.05, 0.1) is 17.0 Å². The van der Waals surface area contributed by atoms with Gasteiger partial charge in [-0.05, 0) is 46.5 Å². The molecular formula is C14H17BrO3. The topological polar surface area (TPSA) is 46.5 Å². The van der Waals surface area contributed by atoms with E-state index in [4.69, 9.17) is 4.74 Å². The van der Waals surface area contributed by atoms with Crippen molar-refractivity contribution in [3.8, 4) is 5.75 Å². The van der Waals surface area contributed by atoms with Crippen molar-refractivity contribution in [3.05, 3.63) is 28.2 Å². The van der Waals surface area contributed by atoms with Crippen LogP contribution in [0.25, 0.3) is 0 Å². The van der Waals surface area contributed by atoms with Gasteiger partial charge < -0.3 is 9.84 Å². The lowest BCUT2D eigenvalue weighted by molar-refractivity contribution is -0.145. The highest BCUT2D eigenvalue weighted by Crippen LogP contribution is 2.41. The monoisotopic (exact) mass is 312 g/mol. The van der Waals surface area contributed by atoms with Crippen LogP contribution in [0.3, 0.4) is 0 Å². The molecule has 0 aromatic heterocycles. The molecule has 2 rings (SSSR count). The highest BCUT2D eigenvalue weighted by atomic mass is 79.9. The minimum atomic E-state index is -0.715. The molecule has 1 aromatic rings. The third-order valence-electron chi connectivity index (χ3n) is 3.82. The van der Waals surface area contributed by atoms with Crippen LogP contribution in [-0.2, 0) is 10.2 Å². The summed E-state index contributed by atoms with van der Waals surface area (Å²) in [5.41, 5.74) is 0.162. The first kappa shape index (κ1) is 13.4. The van der Waals surface area contributed by atoms with E-state index in [2.05, 4.69) is 15.9 Å². The molecule has 3 nitrogen and oxygen atoms in total. The van der Waals surface area contributed by atoms with Crippen molar-refractivity contribution in [3.63, 3.8) is 0 Å². The van der Waals surface area contributed by atoms with E-state index in [1.54, 1.807) is 7.11 Å². The highest BCUT2D eigenvalue weighted by Gasteiger charge is 2.41. The normalized spacial score (nSPS) is 18.3. The molecule has 1 saturated carbocycles. The summed E-state index contributed by atoms with van der Waals surface area (Å²) >= 11 is 3.43. The lowest BCUT2D eigenvalue weighted by atomic mass is 9.69. The molecule has 1 N–H and O–H groups in total. The van der Waals surface area contributed by atoms with E-state index < -0.39 is 11.4 Å². The average molecular weight is 313 g/mol. The number of halogens is 1. The molecule has 1 aromatic carbocycles. The summed E-state index contributed by atoms with van der Waals surface area (Å²) in [5, 5.41) is 9.61. The molecule has 4 heteroatoms. The van der Waals surface area contributed by atoms with Gasteiger partial charge in [0, 0.05) is 0 Å². The molecule has 0 unspecified atom stereocenters. The van der Waals surface area contributed by atoms with Gasteiger partial charge in [0.15, 0.2) is 0 Å². The van der Waals surface area contributed by atoms with Crippen molar-refractivity contribution in [2.75, 3.05) is 7.11 Å². The number of carboxylic acids is 1. The molecule has 98 valence electrons. The quantitative estimate of drug-likeness (QED) is 0.924. The van der Waals surface area contributed by atoms with Gasteiger partial charge in [-0.25, -0.2) is 0 Å². The predicted molar refractivity (Wildman–Crippen MR) is 73.1 cm³/mol. The van der Waals surface area contributed by atoms with E-state index in [9.17, 15) is 9.90 Å². The van der Waals surface area contributed by atoms with Crippen molar-refractivity contribution in [2.24, 2.45) is 0 Å². The molecule has 0 bridgehead atoms. The molecule has 1 aliphatic rings. The van der Waals surface area contributed by atoms with Gasteiger partial charge in [-0.2, -0.15) is 0 Å². The van der Waals surface area contributed by atoms with Crippen LogP contribution in [0.4, 0.5) is 0 Å². The zero-order valence-corrected chi connectivity index (χ0v) is 12.0. The second kappa shape index (κ2) is 5.31. The van der Waals surface area contributed by atoms with Crippen LogP contribution < -0.4 is 4.74 Å². The molecular weight excluding hydrogens is 296 g/mol. The number of carbonyl (C=O) groups is 1. The van der Waals surface area contributed by atoms with Gasteiger partial charge in [-0.1, -0.05) is 25.3 Å². The van der Waals surface area contributed by atoms with Crippen LogP contribution in [0, 0.1) is 0 Å². The molecule has 0 radical (unpaired) electrons. The summed E-state index contributed by atoms with van der Waals surface area (Å²) in [7, 11) is 1.60. The van der Waals surface area contributed by atoms with E-state index in [-0.39, 0.29) is 0 Å². The first-order valence-corrected chi connectivity index (χ1v) is 6.97. The first-order valence-electron chi connectivity index (χ1n) is 6.17. The zero-order valence-electron chi connectivity index (χ0n) is 10.4. The lowest BCUT2D eigenvalue weighted by Gasteiger charge is -2.33. The Morgan fingerprint density at radius 3 is 2.50 bits per heavy atom. The van der Waals surface area contributed by atoms with E-state index in [0.29, 0.717) is 0 Å². The number of hydrogen-bond donors (Lipinski definition) is 1. The van der Waals surface area contributed by atoms with Crippen LogP contribution in [-0.4, -0.2) is 18.2 Å². The van der Waals surface area contributed by atoms with Crippen LogP contribution in [0.1, 0.15) is 37.7 Å². The van der Waals surface area contributed by atoms with Gasteiger partial charge in [0.1, 0.15) is 5.75 Å². The molecule has 0 heterocycles. The third kappa shape index (κ3) is 2.26. The number of rotatable bonds is 3. The van der Waals surface area contributed by atoms with Crippen molar-refractivity contribution < 1.29 is 14.6 Å². The molecule has 0 aliphatic heterocycles. The smallest absolute Gasteiger partial charge is 0.314 e. The molecule has 1 aliphatic carbocycles. The molecule has 0 spiro atoms. The SMILES string of the molecule is COc1ccc(C2(C(=O)O)CCCCC2)cc1Br. The standard InChI is InChI=1S/C14H17BrO3/c1-18-12-6-5-10(9-11(12)15)14(13(16)17)7-3-2-4-8-14/h5-6,9H,2-4,7-8H2,1H3,(H,16,17). The minimum absolute atomic E-state index is 0.709. The molecule has 18 heavy (non-hydrogen) atoms. The Balaban J connectivity index is 2.43. The Kier molecular flexibility index (Phi) is 3.95. The summed E-state index contributed by atoms with van der Waals surface area (Å²) < 4.78 is 6.00. The summed E-state index contributed by atoms with van der Waals surface area (Å²) in [6.45, 7) is 0. The Bertz CT molecular complexity index is 450. The Labute approximate surface area is 115 Å². The van der Waals surface area contributed by atoms with Gasteiger partial charge in [0.25, 0.3) is 0 Å². The van der Waals surface area contributed by atoms with Gasteiger partial charge in [-0.3, -0.25) is 4.79 Å². The number of ether oxygens (including phenoxy) is 1. The number of carboxylic acid groups (broad SMARTS) is 1. The average Bonchev–Trinajstić information content (AvgIpc) is 2.39. The Hall–Kier alpha value is -1.03. The van der Waals surface area contributed by atoms with E-state index in [1.165, 1.54) is 0 Å². The molecule has 0 saturated heterocycles. The highest BCUT2D eigenvalue weighted by molar-refractivity contribution is 9.10. The maximum Gasteiger partial charge on any atom is 0.314 e. The lowest BCUT2D eigenvalue weighted by Crippen LogP contribution is -2.37. The van der Waals surface area contributed by atoms with Crippen molar-refractivity contribution in [1.82, 2.24) is 0 Å². The van der Waals surface area contributed by atoms with E-state index in [0.717, 1.165) is 47.9 Å². The Morgan fingerprint density at radius 2 is 2.00 bits per heavy atom. The first-order chi connectivity index (χ1) is 8.60. The van der Waals surface area contributed by atoms with Crippen molar-refractivity contribution in [1.29, 1.82) is 0 Å². The van der Waals surface area contributed by atoms with Crippen LogP contribution in [0.15, 0.2) is 22.7 Å². The fourth-order valence-corrected chi connectivity index (χ4v) is 3.29. The molecule has 1 fully saturated rings. The summed E-state index contributed by atoms with van der Waals surface area (Å²) in [5.74, 6) is 0.0226. The summed E-state index contributed by atoms with van der Waals surface area (Å²) in [4.78, 5) is 11.7. The van der Waals surface area contributed by atoms with Gasteiger partial charge >= 0.3 is 5.97 Å². The number of benzene rings is 1. The number of methoxy groups -OCH3 is 1. The molecule has 0 amide bonds. The molecule has 0 atom stereocenters. The van der Waals surface area contributed by atoms with Crippen LogP contribution >= 0.6 is 15.9 Å². The van der Waals surface area contributed by atoms with Crippen molar-refractivity contribution in [2.45, 2.75) is 37.5 Å². The summed E-state index contributed by atoms with van der Waals surface area (Å²) in [6, 6.07) is 5.60. The number of aliphatic carboxylic acids is 1. The van der Waals surface area contributed by atoms with Crippen LogP contribution in [0.2, 0.25) is 0 Å². The van der Waals surface area contributed by atoms with Gasteiger partial charge in [-0.15, -0.1) is 0 Å². The van der Waals surface area contributed by atoms with Crippen LogP contribution in [0.5, 0.6) is 5.75 Å². The third-order valence-corrected chi connectivity index (χ3v) is 4.44. The van der Waals surface area contributed by atoms with E-state index >= 15 is 0 Å². The predicted octanol–water partition coefficient (Wildman–Crippen LogP) is 3.74. The Morgan fingerprint density at radius 1 is 1.33 bits per heavy atom. The number of hydrogen-bond acceptors (Lipinski definition) is 2. The summed E-state index contributed by atoms with van der Waals surface area (Å²) in [6.07, 6.45) is 4.54. The minimum Gasteiger partial charge on any atom is -0.496 e. The maximum absolute atomic E-state index is 11.7. The second-order valence-electron chi connectivity index (χ2n) is 4.80. The maximum atomic E-state index is 11.7. The van der Waals surface area contributed by atoms with Gasteiger partial charge in [0.2, 0.25) is 0 Å². The van der Waals surface area contributed by atoms with Crippen molar-refractivity contribution >= 4 is 21.9 Å². The largest absolute Gasteiger partial charge is 0.496 e.